The first-order valence-corrected chi connectivity index (χ1v) is 4.65. The Morgan fingerprint density at radius 3 is 2.38 bits per heavy atom. The van der Waals surface area contributed by atoms with Crippen molar-refractivity contribution in [3.8, 4) is 0 Å². The molecule has 0 spiro atoms. The van der Waals surface area contributed by atoms with E-state index in [0.717, 1.165) is 0 Å². The quantitative estimate of drug-likeness (QED) is 0.694. The van der Waals surface area contributed by atoms with Crippen molar-refractivity contribution in [3.63, 3.8) is 0 Å². The topological polar surface area (TPSA) is 12.0 Å². The molecule has 0 saturated carbocycles. The van der Waals surface area contributed by atoms with Crippen molar-refractivity contribution >= 4 is 5.69 Å². The minimum absolute atomic E-state index is 0.396. The maximum atomic E-state index is 3.40. The monoisotopic (exact) mass is 175 g/mol. The standard InChI is InChI=1S/C12H17N/c1-10(2)9-11(3)13-12-7-5-4-6-8-12/h4-9,11,13H,1-3H3. The van der Waals surface area contributed by atoms with Gasteiger partial charge < -0.3 is 5.32 Å². The smallest absolute Gasteiger partial charge is 0.0418 e. The van der Waals surface area contributed by atoms with E-state index in [-0.39, 0.29) is 0 Å². The zero-order chi connectivity index (χ0) is 9.68. The van der Waals surface area contributed by atoms with Crippen LogP contribution in [0.3, 0.4) is 0 Å². The number of anilines is 1. The SMILES string of the molecule is CC(C)=CC(C)Nc1ccccc1. The molecule has 0 saturated heterocycles. The molecule has 0 aliphatic heterocycles. The number of hydrogen-bond acceptors (Lipinski definition) is 1. The molecule has 0 amide bonds. The number of para-hydroxylation sites is 1. The molecule has 13 heavy (non-hydrogen) atoms. The van der Waals surface area contributed by atoms with Gasteiger partial charge in [0, 0.05) is 11.7 Å². The van der Waals surface area contributed by atoms with E-state index in [1.807, 2.05) is 18.2 Å². The van der Waals surface area contributed by atoms with Gasteiger partial charge in [0.25, 0.3) is 0 Å². The zero-order valence-corrected chi connectivity index (χ0v) is 8.54. The van der Waals surface area contributed by atoms with Crippen molar-refractivity contribution in [2.75, 3.05) is 5.32 Å². The van der Waals surface area contributed by atoms with Gasteiger partial charge in [-0.25, -0.2) is 0 Å². The summed E-state index contributed by atoms with van der Waals surface area (Å²) in [6.07, 6.45) is 2.22. The zero-order valence-electron chi connectivity index (χ0n) is 8.54. The lowest BCUT2D eigenvalue weighted by molar-refractivity contribution is 0.982. The highest BCUT2D eigenvalue weighted by molar-refractivity contribution is 5.44. The maximum absolute atomic E-state index is 3.40. The molecule has 1 nitrogen and oxygen atoms in total. The first-order chi connectivity index (χ1) is 6.18. The normalized spacial score (nSPS) is 11.9. The first-order valence-electron chi connectivity index (χ1n) is 4.65. The van der Waals surface area contributed by atoms with Crippen LogP contribution in [0.5, 0.6) is 0 Å². The third-order valence-electron chi connectivity index (χ3n) is 1.75. The molecule has 0 aromatic heterocycles. The number of rotatable bonds is 3. The Morgan fingerprint density at radius 2 is 1.85 bits per heavy atom. The summed E-state index contributed by atoms with van der Waals surface area (Å²) in [5.74, 6) is 0. The van der Waals surface area contributed by atoms with Crippen LogP contribution in [-0.2, 0) is 0 Å². The molecular weight excluding hydrogens is 158 g/mol. The first kappa shape index (κ1) is 9.85. The molecular formula is C12H17N. The van der Waals surface area contributed by atoms with Crippen LogP contribution < -0.4 is 5.32 Å². The summed E-state index contributed by atoms with van der Waals surface area (Å²) >= 11 is 0. The lowest BCUT2D eigenvalue weighted by Crippen LogP contribution is -2.11. The van der Waals surface area contributed by atoms with E-state index in [2.05, 4.69) is 44.3 Å². The highest BCUT2D eigenvalue weighted by Crippen LogP contribution is 2.08. The Balaban J connectivity index is 2.55. The largest absolute Gasteiger partial charge is 0.379 e. The Labute approximate surface area is 80.5 Å². The van der Waals surface area contributed by atoms with E-state index in [1.165, 1.54) is 11.3 Å². The summed E-state index contributed by atoms with van der Waals surface area (Å²) in [7, 11) is 0. The molecule has 0 heterocycles. The van der Waals surface area contributed by atoms with E-state index in [1.54, 1.807) is 0 Å². The average Bonchev–Trinajstić information content (AvgIpc) is 2.04. The van der Waals surface area contributed by atoms with Crippen LogP contribution in [0.15, 0.2) is 42.0 Å². The molecule has 1 atom stereocenters. The summed E-state index contributed by atoms with van der Waals surface area (Å²) in [5, 5.41) is 3.40. The predicted molar refractivity (Wildman–Crippen MR) is 59.0 cm³/mol. The number of nitrogens with one attached hydrogen (secondary N) is 1. The van der Waals surface area contributed by atoms with E-state index in [4.69, 9.17) is 0 Å². The Hall–Kier alpha value is -1.24. The summed E-state index contributed by atoms with van der Waals surface area (Å²) in [6.45, 7) is 6.38. The van der Waals surface area contributed by atoms with Gasteiger partial charge in [0.2, 0.25) is 0 Å². The lowest BCUT2D eigenvalue weighted by atomic mass is 10.2. The van der Waals surface area contributed by atoms with E-state index >= 15 is 0 Å². The second-order valence-corrected chi connectivity index (χ2v) is 3.54. The summed E-state index contributed by atoms with van der Waals surface area (Å²) in [4.78, 5) is 0. The third-order valence-corrected chi connectivity index (χ3v) is 1.75. The Morgan fingerprint density at radius 1 is 1.23 bits per heavy atom. The minimum atomic E-state index is 0.396. The van der Waals surface area contributed by atoms with Crippen molar-refractivity contribution in [2.24, 2.45) is 0 Å². The summed E-state index contributed by atoms with van der Waals surface area (Å²) < 4.78 is 0. The van der Waals surface area contributed by atoms with Gasteiger partial charge in [-0.2, -0.15) is 0 Å². The molecule has 0 bridgehead atoms. The van der Waals surface area contributed by atoms with Gasteiger partial charge in [-0.1, -0.05) is 29.8 Å². The van der Waals surface area contributed by atoms with E-state index in [0.29, 0.717) is 6.04 Å². The molecule has 0 fully saturated rings. The second kappa shape index (κ2) is 4.70. The molecule has 1 heteroatoms. The van der Waals surface area contributed by atoms with Crippen LogP contribution in [0, 0.1) is 0 Å². The van der Waals surface area contributed by atoms with Crippen molar-refractivity contribution in [1.82, 2.24) is 0 Å². The number of hydrogen-bond donors (Lipinski definition) is 1. The molecule has 1 aromatic rings. The molecule has 1 aromatic carbocycles. The number of allylic oxidation sites excluding steroid dienone is 1. The molecule has 70 valence electrons. The third kappa shape index (κ3) is 3.79. The fourth-order valence-corrected chi connectivity index (χ4v) is 1.34. The minimum Gasteiger partial charge on any atom is -0.379 e. The summed E-state index contributed by atoms with van der Waals surface area (Å²) in [6, 6.07) is 10.7. The fraction of sp³-hybridized carbons (Fsp3) is 0.333. The molecule has 1 rings (SSSR count). The van der Waals surface area contributed by atoms with Crippen LogP contribution in [0.1, 0.15) is 20.8 Å². The molecule has 1 N–H and O–H groups in total. The molecule has 0 aliphatic carbocycles. The van der Waals surface area contributed by atoms with E-state index < -0.39 is 0 Å². The van der Waals surface area contributed by atoms with Crippen LogP contribution >= 0.6 is 0 Å². The van der Waals surface area contributed by atoms with Crippen molar-refractivity contribution in [1.29, 1.82) is 0 Å². The number of benzene rings is 1. The van der Waals surface area contributed by atoms with Crippen molar-refractivity contribution in [2.45, 2.75) is 26.8 Å². The van der Waals surface area contributed by atoms with Crippen LogP contribution in [-0.4, -0.2) is 6.04 Å². The Kier molecular flexibility index (Phi) is 3.56. The predicted octanol–water partition coefficient (Wildman–Crippen LogP) is 3.45. The van der Waals surface area contributed by atoms with Gasteiger partial charge >= 0.3 is 0 Å². The second-order valence-electron chi connectivity index (χ2n) is 3.54. The van der Waals surface area contributed by atoms with Gasteiger partial charge in [-0.15, -0.1) is 0 Å². The van der Waals surface area contributed by atoms with Gasteiger partial charge in [-0.3, -0.25) is 0 Å². The fourth-order valence-electron chi connectivity index (χ4n) is 1.34. The highest BCUT2D eigenvalue weighted by atomic mass is 14.9. The van der Waals surface area contributed by atoms with Crippen molar-refractivity contribution in [3.05, 3.63) is 42.0 Å². The lowest BCUT2D eigenvalue weighted by Gasteiger charge is -2.11. The van der Waals surface area contributed by atoms with Gasteiger partial charge in [0.05, 0.1) is 0 Å². The summed E-state index contributed by atoms with van der Waals surface area (Å²) in [5.41, 5.74) is 2.52. The van der Waals surface area contributed by atoms with Crippen LogP contribution in [0.25, 0.3) is 0 Å². The van der Waals surface area contributed by atoms with Gasteiger partial charge in [-0.05, 0) is 32.9 Å². The van der Waals surface area contributed by atoms with Crippen LogP contribution in [0.2, 0.25) is 0 Å². The molecule has 0 radical (unpaired) electrons. The van der Waals surface area contributed by atoms with Crippen molar-refractivity contribution < 1.29 is 0 Å². The van der Waals surface area contributed by atoms with Crippen LogP contribution in [0.4, 0.5) is 5.69 Å². The highest BCUT2D eigenvalue weighted by Gasteiger charge is 1.95. The molecule has 0 aliphatic rings. The van der Waals surface area contributed by atoms with E-state index in [9.17, 15) is 0 Å². The Bertz CT molecular complexity index is 270. The molecule has 1 unspecified atom stereocenters. The van der Waals surface area contributed by atoms with Gasteiger partial charge in [0.15, 0.2) is 0 Å². The average molecular weight is 175 g/mol. The maximum Gasteiger partial charge on any atom is 0.0418 e. The van der Waals surface area contributed by atoms with Gasteiger partial charge in [0.1, 0.15) is 0 Å².